The molecule has 1 aliphatic rings. The predicted octanol–water partition coefficient (Wildman–Crippen LogP) is 3.23. The number of hydrogen-bond acceptors (Lipinski definition) is 5. The Morgan fingerprint density at radius 1 is 1.45 bits per heavy atom. The van der Waals surface area contributed by atoms with Crippen LogP contribution < -0.4 is 9.47 Å². The van der Waals surface area contributed by atoms with Gasteiger partial charge in [-0.3, -0.25) is 0 Å². The van der Waals surface area contributed by atoms with Crippen LogP contribution in [0.5, 0.6) is 11.5 Å². The quantitative estimate of drug-likeness (QED) is 0.280. The molecule has 0 unspecified atom stereocenters. The third-order valence-corrected chi connectivity index (χ3v) is 3.22. The summed E-state index contributed by atoms with van der Waals surface area (Å²) in [5.74, 6) is 0.571. The van der Waals surface area contributed by atoms with Crippen LogP contribution in [0.15, 0.2) is 22.9 Å². The van der Waals surface area contributed by atoms with E-state index >= 15 is 0 Å². The smallest absolute Gasteiger partial charge is 0.340 e. The van der Waals surface area contributed by atoms with Crippen molar-refractivity contribution >= 4 is 12.0 Å². The van der Waals surface area contributed by atoms with Crippen LogP contribution in [0, 0.1) is 0 Å². The Morgan fingerprint density at radius 3 is 2.77 bits per heavy atom. The Hall–Kier alpha value is -2.66. The van der Waals surface area contributed by atoms with Crippen LogP contribution in [0.2, 0.25) is 0 Å². The molecule has 0 bridgehead atoms. The van der Waals surface area contributed by atoms with Gasteiger partial charge in [0.25, 0.3) is 0 Å². The zero-order chi connectivity index (χ0) is 16.3. The van der Waals surface area contributed by atoms with Gasteiger partial charge in [-0.05, 0) is 43.2 Å². The largest absolute Gasteiger partial charge is 0.493 e. The number of hydrogen-bond donors (Lipinski definition) is 0. The molecule has 7 nitrogen and oxygen atoms in total. The van der Waals surface area contributed by atoms with Crippen LogP contribution in [0.25, 0.3) is 16.5 Å². The molecule has 0 aliphatic carbocycles. The Balaban J connectivity index is 2.50. The maximum absolute atomic E-state index is 11.6. The lowest BCUT2D eigenvalue weighted by Crippen LogP contribution is -2.24. The van der Waals surface area contributed by atoms with E-state index in [4.69, 9.17) is 15.0 Å². The summed E-state index contributed by atoms with van der Waals surface area (Å²) in [4.78, 5) is 14.2. The molecular formula is C15H17N3O4. The van der Waals surface area contributed by atoms with Gasteiger partial charge in [0.1, 0.15) is 11.3 Å². The monoisotopic (exact) mass is 303 g/mol. The molecule has 0 amide bonds. The Bertz CT molecular complexity index is 688. The summed E-state index contributed by atoms with van der Waals surface area (Å²) in [7, 11) is 2.77. The van der Waals surface area contributed by atoms with E-state index in [1.54, 1.807) is 13.2 Å². The van der Waals surface area contributed by atoms with Gasteiger partial charge in [0.15, 0.2) is 11.5 Å². The van der Waals surface area contributed by atoms with Gasteiger partial charge < -0.3 is 14.2 Å². The molecule has 7 heteroatoms. The second-order valence-electron chi connectivity index (χ2n) is 5.46. The van der Waals surface area contributed by atoms with Gasteiger partial charge in [-0.1, -0.05) is 5.11 Å². The number of fused-ring (bicyclic) bond motifs is 1. The average Bonchev–Trinajstić information content (AvgIpc) is 2.79. The number of methoxy groups -OCH3 is 2. The molecule has 2 rings (SSSR count). The third kappa shape index (κ3) is 3.15. The highest BCUT2D eigenvalue weighted by Crippen LogP contribution is 2.43. The number of rotatable bonds is 4. The summed E-state index contributed by atoms with van der Waals surface area (Å²) in [5, 5.41) is 3.36. The van der Waals surface area contributed by atoms with Crippen molar-refractivity contribution in [3.8, 4) is 11.5 Å². The minimum atomic E-state index is -0.700. The highest BCUT2D eigenvalue weighted by molar-refractivity contribution is 5.93. The molecule has 1 aromatic rings. The van der Waals surface area contributed by atoms with Crippen molar-refractivity contribution in [2.24, 2.45) is 5.11 Å². The van der Waals surface area contributed by atoms with E-state index in [0.717, 1.165) is 12.0 Å². The van der Waals surface area contributed by atoms with Gasteiger partial charge in [0.05, 0.1) is 14.2 Å². The number of carbonyl (C=O) groups is 1. The molecule has 22 heavy (non-hydrogen) atoms. The second kappa shape index (κ2) is 5.99. The molecule has 0 saturated heterocycles. The predicted molar refractivity (Wildman–Crippen MR) is 80.5 cm³/mol. The number of nitrogens with zero attached hydrogens (tertiary/aromatic N) is 3. The first kappa shape index (κ1) is 15.7. The van der Waals surface area contributed by atoms with E-state index in [1.807, 2.05) is 19.9 Å². The number of carbonyl (C=O) groups excluding carboxylic acids is 1. The number of esters is 1. The molecule has 1 aromatic carbocycles. The summed E-state index contributed by atoms with van der Waals surface area (Å²) in [6.07, 6.45) is 2.18. The molecule has 116 valence electrons. The zero-order valence-corrected chi connectivity index (χ0v) is 12.9. The standard InChI is InChI=1S/C15H17N3O4/c1-15(2)8-10-5-9(7-12(20-3)13(10)22-15)6-11(17-18-16)14(19)21-4/h5-7H,8H2,1-4H3. The maximum Gasteiger partial charge on any atom is 0.340 e. The van der Waals surface area contributed by atoms with Crippen LogP contribution >= 0.6 is 0 Å². The zero-order valence-electron chi connectivity index (χ0n) is 12.9. The number of ether oxygens (including phenoxy) is 3. The lowest BCUT2D eigenvalue weighted by atomic mass is 9.99. The lowest BCUT2D eigenvalue weighted by molar-refractivity contribution is -0.136. The first-order valence-electron chi connectivity index (χ1n) is 6.65. The van der Waals surface area contributed by atoms with Crippen molar-refractivity contribution in [1.82, 2.24) is 0 Å². The van der Waals surface area contributed by atoms with E-state index in [1.165, 1.54) is 13.2 Å². The first-order valence-corrected chi connectivity index (χ1v) is 6.65. The Kier molecular flexibility index (Phi) is 4.28. The van der Waals surface area contributed by atoms with E-state index in [0.29, 0.717) is 17.1 Å². The summed E-state index contributed by atoms with van der Waals surface area (Å²) in [6.45, 7) is 3.98. The summed E-state index contributed by atoms with van der Waals surface area (Å²) >= 11 is 0. The fraction of sp³-hybridized carbons (Fsp3) is 0.400. The van der Waals surface area contributed by atoms with Gasteiger partial charge >= 0.3 is 5.97 Å². The van der Waals surface area contributed by atoms with E-state index in [2.05, 4.69) is 14.8 Å². The molecule has 0 atom stereocenters. The van der Waals surface area contributed by atoms with Crippen molar-refractivity contribution in [2.45, 2.75) is 25.9 Å². The van der Waals surface area contributed by atoms with E-state index in [-0.39, 0.29) is 11.3 Å². The van der Waals surface area contributed by atoms with Crippen molar-refractivity contribution in [2.75, 3.05) is 14.2 Å². The van der Waals surface area contributed by atoms with Crippen LogP contribution in [0.3, 0.4) is 0 Å². The topological polar surface area (TPSA) is 93.5 Å². The molecule has 0 fully saturated rings. The van der Waals surface area contributed by atoms with Crippen LogP contribution in [0.1, 0.15) is 25.0 Å². The Labute approximate surface area is 128 Å². The molecule has 0 saturated carbocycles. The fourth-order valence-electron chi connectivity index (χ4n) is 2.38. The highest BCUT2D eigenvalue weighted by Gasteiger charge is 2.32. The highest BCUT2D eigenvalue weighted by atomic mass is 16.5. The van der Waals surface area contributed by atoms with Gasteiger partial charge in [-0.25, -0.2) is 4.79 Å². The van der Waals surface area contributed by atoms with Crippen molar-refractivity contribution in [3.05, 3.63) is 39.4 Å². The minimum Gasteiger partial charge on any atom is -0.493 e. The Morgan fingerprint density at radius 2 is 2.18 bits per heavy atom. The number of azide groups is 1. The molecule has 0 spiro atoms. The molecule has 1 heterocycles. The van der Waals surface area contributed by atoms with Gasteiger partial charge in [-0.2, -0.15) is 0 Å². The number of benzene rings is 1. The van der Waals surface area contributed by atoms with Crippen molar-refractivity contribution < 1.29 is 19.0 Å². The second-order valence-corrected chi connectivity index (χ2v) is 5.46. The van der Waals surface area contributed by atoms with Gasteiger partial charge in [0, 0.05) is 16.9 Å². The fourth-order valence-corrected chi connectivity index (χ4v) is 2.38. The van der Waals surface area contributed by atoms with Gasteiger partial charge in [0.2, 0.25) is 0 Å². The van der Waals surface area contributed by atoms with E-state index in [9.17, 15) is 4.79 Å². The summed E-state index contributed by atoms with van der Waals surface area (Å²) in [6, 6.07) is 3.60. The normalized spacial score (nSPS) is 15.4. The maximum atomic E-state index is 11.6. The molecular weight excluding hydrogens is 286 g/mol. The first-order chi connectivity index (χ1) is 10.4. The lowest BCUT2D eigenvalue weighted by Gasteiger charge is -2.17. The van der Waals surface area contributed by atoms with Crippen LogP contribution in [-0.2, 0) is 16.0 Å². The minimum absolute atomic E-state index is 0.120. The molecule has 0 radical (unpaired) electrons. The summed E-state index contributed by atoms with van der Waals surface area (Å²) < 4.78 is 15.8. The molecule has 0 N–H and O–H groups in total. The molecule has 1 aliphatic heterocycles. The van der Waals surface area contributed by atoms with E-state index < -0.39 is 5.97 Å². The van der Waals surface area contributed by atoms with Crippen molar-refractivity contribution in [3.63, 3.8) is 0 Å². The third-order valence-electron chi connectivity index (χ3n) is 3.22. The van der Waals surface area contributed by atoms with Crippen LogP contribution in [-0.4, -0.2) is 25.8 Å². The van der Waals surface area contributed by atoms with Crippen molar-refractivity contribution in [1.29, 1.82) is 0 Å². The molecule has 0 aromatic heterocycles. The van der Waals surface area contributed by atoms with Gasteiger partial charge in [-0.15, -0.1) is 0 Å². The average molecular weight is 303 g/mol. The summed E-state index contributed by atoms with van der Waals surface area (Å²) in [5.41, 5.74) is 9.76. The SMILES string of the molecule is COC(=O)C(=Cc1cc2c(c(OC)c1)OC(C)(C)C2)N=[N+]=[N-]. The van der Waals surface area contributed by atoms with Crippen LogP contribution in [0.4, 0.5) is 0 Å².